The van der Waals surface area contributed by atoms with Gasteiger partial charge in [0, 0.05) is 5.92 Å². The van der Waals surface area contributed by atoms with Crippen LogP contribution in [0.3, 0.4) is 0 Å². The van der Waals surface area contributed by atoms with E-state index in [1.807, 2.05) is 79.7 Å². The van der Waals surface area contributed by atoms with Crippen LogP contribution in [0.2, 0.25) is 0 Å². The van der Waals surface area contributed by atoms with Crippen LogP contribution in [0, 0.1) is 11.8 Å². The van der Waals surface area contributed by atoms with Crippen molar-refractivity contribution in [3.05, 3.63) is 101 Å². The molecule has 152 valence electrons. The smallest absolute Gasteiger partial charge is 0.239 e. The molecule has 3 aliphatic carbocycles. The molecule has 2 atom stereocenters. The van der Waals surface area contributed by atoms with E-state index in [1.54, 1.807) is 0 Å². The number of hydrogen-bond acceptors (Lipinski definition) is 3. The zero-order valence-corrected chi connectivity index (χ0v) is 17.1. The fourth-order valence-electron chi connectivity index (χ4n) is 6.30. The third-order valence-corrected chi connectivity index (χ3v) is 7.48. The summed E-state index contributed by atoms with van der Waals surface area (Å²) < 4.78 is 0. The number of anilines is 1. The molecular formula is C27H21NO3. The highest BCUT2D eigenvalue weighted by Crippen LogP contribution is 2.63. The van der Waals surface area contributed by atoms with Crippen molar-refractivity contribution in [2.45, 2.75) is 24.7 Å². The van der Waals surface area contributed by atoms with Crippen molar-refractivity contribution in [3.63, 3.8) is 0 Å². The minimum Gasteiger partial charge on any atom is -0.302 e. The van der Waals surface area contributed by atoms with Crippen molar-refractivity contribution in [2.24, 2.45) is 11.8 Å². The van der Waals surface area contributed by atoms with E-state index in [-0.39, 0.29) is 17.7 Å². The number of nitrogens with zero attached hydrogens (tertiary/aromatic N) is 1. The SMILES string of the molecule is CCc1ccccc1N1C(=O)C2C3c4ccccc4C(C=O)(c4ccccc43)C2C1=O. The van der Waals surface area contributed by atoms with Gasteiger partial charge in [0.25, 0.3) is 0 Å². The first kappa shape index (κ1) is 18.3. The lowest BCUT2D eigenvalue weighted by atomic mass is 9.48. The molecule has 2 unspecified atom stereocenters. The summed E-state index contributed by atoms with van der Waals surface area (Å²) in [6, 6.07) is 23.2. The average molecular weight is 407 g/mol. The molecule has 0 N–H and O–H groups in total. The Morgan fingerprint density at radius 3 is 2.03 bits per heavy atom. The van der Waals surface area contributed by atoms with Crippen LogP contribution < -0.4 is 4.90 Å². The first-order valence-corrected chi connectivity index (χ1v) is 10.8. The van der Waals surface area contributed by atoms with Crippen LogP contribution in [0.5, 0.6) is 0 Å². The zero-order chi connectivity index (χ0) is 21.3. The second-order valence-corrected chi connectivity index (χ2v) is 8.64. The van der Waals surface area contributed by atoms with E-state index >= 15 is 0 Å². The maximum atomic E-state index is 13.9. The molecule has 4 aliphatic rings. The second kappa shape index (κ2) is 6.24. The lowest BCUT2D eigenvalue weighted by Crippen LogP contribution is -2.54. The molecule has 0 aromatic heterocycles. The van der Waals surface area contributed by atoms with E-state index in [4.69, 9.17) is 0 Å². The molecule has 1 saturated heterocycles. The van der Waals surface area contributed by atoms with Gasteiger partial charge in [-0.05, 0) is 40.3 Å². The first-order valence-electron chi connectivity index (χ1n) is 10.8. The maximum Gasteiger partial charge on any atom is 0.239 e. The Hall–Kier alpha value is -3.53. The Bertz CT molecular complexity index is 1230. The number of carbonyl (C=O) groups excluding carboxylic acids is 3. The lowest BCUT2D eigenvalue weighted by Gasteiger charge is -2.51. The number of rotatable bonds is 3. The van der Waals surface area contributed by atoms with E-state index < -0.39 is 17.3 Å². The van der Waals surface area contributed by atoms with E-state index in [2.05, 4.69) is 0 Å². The molecule has 3 aromatic rings. The number of aryl methyl sites for hydroxylation is 1. The minimum absolute atomic E-state index is 0.198. The highest BCUT2D eigenvalue weighted by atomic mass is 16.2. The Morgan fingerprint density at radius 2 is 1.42 bits per heavy atom. The highest BCUT2D eigenvalue weighted by Gasteiger charge is 2.68. The number of amides is 2. The molecule has 4 heteroatoms. The number of imide groups is 1. The summed E-state index contributed by atoms with van der Waals surface area (Å²) in [7, 11) is 0. The number of carbonyl (C=O) groups is 3. The Morgan fingerprint density at radius 1 is 0.839 bits per heavy atom. The molecule has 1 fully saturated rings. The Labute approximate surface area is 180 Å². The summed E-state index contributed by atoms with van der Waals surface area (Å²) in [6.45, 7) is 2.01. The van der Waals surface area contributed by atoms with Gasteiger partial charge in [0.05, 0.1) is 22.9 Å². The Balaban J connectivity index is 1.65. The number of hydrogen-bond donors (Lipinski definition) is 0. The van der Waals surface area contributed by atoms with Gasteiger partial charge in [-0.3, -0.25) is 9.59 Å². The van der Waals surface area contributed by atoms with Gasteiger partial charge < -0.3 is 4.79 Å². The summed E-state index contributed by atoms with van der Waals surface area (Å²) >= 11 is 0. The number of benzene rings is 3. The molecular weight excluding hydrogens is 386 g/mol. The van der Waals surface area contributed by atoms with Crippen LogP contribution in [-0.2, 0) is 26.2 Å². The van der Waals surface area contributed by atoms with E-state index in [9.17, 15) is 14.4 Å². The van der Waals surface area contributed by atoms with Crippen LogP contribution in [0.1, 0.15) is 40.7 Å². The summed E-state index contributed by atoms with van der Waals surface area (Å²) in [6.07, 6.45) is 1.63. The zero-order valence-electron chi connectivity index (χ0n) is 17.1. The predicted molar refractivity (Wildman–Crippen MR) is 117 cm³/mol. The van der Waals surface area contributed by atoms with Crippen molar-refractivity contribution >= 4 is 23.8 Å². The van der Waals surface area contributed by atoms with E-state index in [0.29, 0.717) is 12.1 Å². The third kappa shape index (κ3) is 2.03. The molecule has 31 heavy (non-hydrogen) atoms. The van der Waals surface area contributed by atoms with Crippen LogP contribution in [-0.4, -0.2) is 18.1 Å². The maximum absolute atomic E-state index is 13.9. The van der Waals surface area contributed by atoms with Crippen LogP contribution in [0.15, 0.2) is 72.8 Å². The van der Waals surface area contributed by atoms with Gasteiger partial charge in [-0.2, -0.15) is 0 Å². The molecule has 4 nitrogen and oxygen atoms in total. The van der Waals surface area contributed by atoms with E-state index in [0.717, 1.165) is 34.1 Å². The number of aldehydes is 1. The highest BCUT2D eigenvalue weighted by molar-refractivity contribution is 6.25. The van der Waals surface area contributed by atoms with Crippen molar-refractivity contribution in [1.82, 2.24) is 0 Å². The molecule has 3 aromatic carbocycles. The van der Waals surface area contributed by atoms with Crippen molar-refractivity contribution < 1.29 is 14.4 Å². The lowest BCUT2D eigenvalue weighted by molar-refractivity contribution is -0.128. The van der Waals surface area contributed by atoms with Gasteiger partial charge >= 0.3 is 0 Å². The molecule has 2 bridgehead atoms. The summed E-state index contributed by atoms with van der Waals surface area (Å²) in [5, 5.41) is 0. The number of para-hydroxylation sites is 1. The predicted octanol–water partition coefficient (Wildman–Crippen LogP) is 4.00. The van der Waals surface area contributed by atoms with Gasteiger partial charge in [-0.15, -0.1) is 0 Å². The topological polar surface area (TPSA) is 54.5 Å². The summed E-state index contributed by atoms with van der Waals surface area (Å²) in [5.74, 6) is -1.99. The van der Waals surface area contributed by atoms with Gasteiger partial charge in [0.1, 0.15) is 6.29 Å². The molecule has 0 radical (unpaired) electrons. The van der Waals surface area contributed by atoms with Gasteiger partial charge in [-0.25, -0.2) is 4.90 Å². The third-order valence-electron chi connectivity index (χ3n) is 7.48. The summed E-state index contributed by atoms with van der Waals surface area (Å²) in [4.78, 5) is 42.1. The van der Waals surface area contributed by atoms with Gasteiger partial charge in [0.15, 0.2) is 0 Å². The first-order chi connectivity index (χ1) is 15.1. The second-order valence-electron chi connectivity index (χ2n) is 8.64. The molecule has 1 heterocycles. The minimum atomic E-state index is -1.14. The quantitative estimate of drug-likeness (QED) is 0.487. The molecule has 1 aliphatic heterocycles. The molecule has 2 amide bonds. The molecule has 0 saturated carbocycles. The van der Waals surface area contributed by atoms with Crippen LogP contribution in [0.4, 0.5) is 5.69 Å². The Kier molecular flexibility index (Phi) is 3.67. The fourth-order valence-corrected chi connectivity index (χ4v) is 6.30. The summed E-state index contributed by atoms with van der Waals surface area (Å²) in [5.41, 5.74) is 4.15. The van der Waals surface area contributed by atoms with Crippen molar-refractivity contribution in [1.29, 1.82) is 0 Å². The van der Waals surface area contributed by atoms with Gasteiger partial charge in [0.2, 0.25) is 11.8 Å². The monoisotopic (exact) mass is 407 g/mol. The standard InChI is InChI=1S/C27H21NO3/c1-2-16-9-3-8-14-21(16)28-25(30)23-22-17-10-4-6-12-19(17)27(15-29,24(23)26(28)31)20-13-7-5-11-18(20)22/h3-15,22-24H,2H2,1H3. The molecule has 7 rings (SSSR count). The van der Waals surface area contributed by atoms with Gasteiger partial charge in [-0.1, -0.05) is 73.7 Å². The van der Waals surface area contributed by atoms with E-state index in [1.165, 1.54) is 4.90 Å². The van der Waals surface area contributed by atoms with Crippen molar-refractivity contribution in [2.75, 3.05) is 4.90 Å². The van der Waals surface area contributed by atoms with Crippen LogP contribution >= 0.6 is 0 Å². The largest absolute Gasteiger partial charge is 0.302 e. The fraction of sp³-hybridized carbons (Fsp3) is 0.222. The van der Waals surface area contributed by atoms with Crippen LogP contribution in [0.25, 0.3) is 0 Å². The molecule has 0 spiro atoms. The van der Waals surface area contributed by atoms with Crippen molar-refractivity contribution in [3.8, 4) is 0 Å². The average Bonchev–Trinajstić information content (AvgIpc) is 3.09. The normalized spacial score (nSPS) is 27.6.